The fourth-order valence-electron chi connectivity index (χ4n) is 3.69. The van der Waals surface area contributed by atoms with Crippen LogP contribution in [0.3, 0.4) is 0 Å². The van der Waals surface area contributed by atoms with Crippen molar-refractivity contribution in [2.24, 2.45) is 5.92 Å². The molecule has 1 aromatic carbocycles. The first-order chi connectivity index (χ1) is 13.3. The van der Waals surface area contributed by atoms with E-state index in [9.17, 15) is 13.2 Å². The number of hydrogen-bond acceptors (Lipinski definition) is 4. The Hall–Kier alpha value is -1.70. The largest absolute Gasteiger partial charge is 0.330 e. The predicted molar refractivity (Wildman–Crippen MR) is 114 cm³/mol. The highest BCUT2D eigenvalue weighted by molar-refractivity contribution is 7.89. The third-order valence-electron chi connectivity index (χ3n) is 5.04. The van der Waals surface area contributed by atoms with Gasteiger partial charge >= 0.3 is 0 Å². The lowest BCUT2D eigenvalue weighted by Gasteiger charge is -2.37. The molecule has 3 rings (SSSR count). The van der Waals surface area contributed by atoms with Crippen molar-refractivity contribution in [3.63, 3.8) is 0 Å². The smallest absolute Gasteiger partial charge is 0.238 e. The molecule has 0 saturated heterocycles. The third-order valence-corrected chi connectivity index (χ3v) is 7.83. The van der Waals surface area contributed by atoms with Crippen LogP contribution in [0.2, 0.25) is 0 Å². The summed E-state index contributed by atoms with van der Waals surface area (Å²) in [5.74, 6) is 0.0244. The van der Waals surface area contributed by atoms with Crippen LogP contribution in [0.4, 0.5) is 0 Å². The number of nitrogens with zero attached hydrogens (tertiary/aromatic N) is 2. The van der Waals surface area contributed by atoms with E-state index in [0.717, 1.165) is 17.5 Å². The van der Waals surface area contributed by atoms with Crippen molar-refractivity contribution in [1.82, 2.24) is 9.21 Å². The van der Waals surface area contributed by atoms with Gasteiger partial charge in [0.2, 0.25) is 15.9 Å². The first kappa shape index (κ1) is 21.0. The van der Waals surface area contributed by atoms with E-state index in [1.54, 1.807) is 18.3 Å². The molecule has 2 aromatic rings. The SMILES string of the molecule is CCS(=O)(=O)N(CC(=O)N1CCc2sccc2C1c1ccccc1)CC(C)C. The molecule has 0 bridgehead atoms. The number of hydrogen-bond donors (Lipinski definition) is 0. The van der Waals surface area contributed by atoms with Crippen LogP contribution < -0.4 is 0 Å². The lowest BCUT2D eigenvalue weighted by atomic mass is 9.93. The highest BCUT2D eigenvalue weighted by Crippen LogP contribution is 2.37. The molecule has 0 N–H and O–H groups in total. The van der Waals surface area contributed by atoms with Crippen LogP contribution in [-0.2, 0) is 21.2 Å². The van der Waals surface area contributed by atoms with Crippen molar-refractivity contribution in [1.29, 1.82) is 0 Å². The average molecular weight is 421 g/mol. The number of thiophene rings is 1. The van der Waals surface area contributed by atoms with Crippen molar-refractivity contribution >= 4 is 27.3 Å². The van der Waals surface area contributed by atoms with Crippen LogP contribution in [0.15, 0.2) is 41.8 Å². The average Bonchev–Trinajstić information content (AvgIpc) is 3.15. The number of amides is 1. The van der Waals surface area contributed by atoms with E-state index in [1.807, 2.05) is 49.1 Å². The second-order valence-electron chi connectivity index (χ2n) is 7.54. The van der Waals surface area contributed by atoms with Crippen LogP contribution >= 0.6 is 11.3 Å². The van der Waals surface area contributed by atoms with Crippen LogP contribution in [0, 0.1) is 5.92 Å². The van der Waals surface area contributed by atoms with E-state index in [-0.39, 0.29) is 30.2 Å². The van der Waals surface area contributed by atoms with Crippen LogP contribution in [0.5, 0.6) is 0 Å². The normalized spacial score (nSPS) is 17.2. The second-order valence-corrected chi connectivity index (χ2v) is 10.8. The molecule has 0 saturated carbocycles. The lowest BCUT2D eigenvalue weighted by molar-refractivity contribution is -0.133. The van der Waals surface area contributed by atoms with E-state index in [2.05, 4.69) is 11.4 Å². The third kappa shape index (κ3) is 4.47. The van der Waals surface area contributed by atoms with Gasteiger partial charge in [-0.25, -0.2) is 8.42 Å². The molecular weight excluding hydrogens is 392 g/mol. The second kappa shape index (κ2) is 8.76. The summed E-state index contributed by atoms with van der Waals surface area (Å²) in [5, 5.41) is 2.07. The Balaban J connectivity index is 1.91. The standard InChI is InChI=1S/C21H28N2O3S2/c1-4-28(25,26)22(14-16(2)3)15-20(24)23-12-10-19-18(11-13-27-19)21(23)17-8-6-5-7-9-17/h5-9,11,13,16,21H,4,10,12,14-15H2,1-3H3. The Morgan fingerprint density at radius 1 is 1.25 bits per heavy atom. The molecule has 1 aliphatic rings. The molecular formula is C21H28N2O3S2. The van der Waals surface area contributed by atoms with Crippen molar-refractivity contribution < 1.29 is 13.2 Å². The fraction of sp³-hybridized carbons (Fsp3) is 0.476. The molecule has 1 aromatic heterocycles. The van der Waals surface area contributed by atoms with E-state index in [4.69, 9.17) is 0 Å². The van der Waals surface area contributed by atoms with Gasteiger partial charge in [0, 0.05) is 18.0 Å². The van der Waals surface area contributed by atoms with Gasteiger partial charge in [0.25, 0.3) is 0 Å². The van der Waals surface area contributed by atoms with E-state index in [0.29, 0.717) is 13.1 Å². The number of benzene rings is 1. The summed E-state index contributed by atoms with van der Waals surface area (Å²) in [6, 6.07) is 11.9. The maximum absolute atomic E-state index is 13.3. The number of fused-ring (bicyclic) bond motifs is 1. The van der Waals surface area contributed by atoms with E-state index >= 15 is 0 Å². The van der Waals surface area contributed by atoms with Gasteiger partial charge in [0.1, 0.15) is 0 Å². The maximum atomic E-state index is 13.3. The zero-order valence-corrected chi connectivity index (χ0v) is 18.3. The molecule has 7 heteroatoms. The van der Waals surface area contributed by atoms with Gasteiger partial charge in [-0.1, -0.05) is 44.2 Å². The summed E-state index contributed by atoms with van der Waals surface area (Å²) >= 11 is 1.72. The molecule has 152 valence electrons. The lowest BCUT2D eigenvalue weighted by Crippen LogP contribution is -2.47. The van der Waals surface area contributed by atoms with Crippen molar-refractivity contribution in [2.75, 3.05) is 25.4 Å². The number of sulfonamides is 1. The molecule has 1 amide bonds. The van der Waals surface area contributed by atoms with Crippen LogP contribution in [0.1, 0.15) is 42.8 Å². The summed E-state index contributed by atoms with van der Waals surface area (Å²) in [6.45, 7) is 6.42. The fourth-order valence-corrected chi connectivity index (χ4v) is 5.79. The molecule has 0 radical (unpaired) electrons. The Morgan fingerprint density at radius 3 is 2.61 bits per heavy atom. The minimum atomic E-state index is -3.43. The molecule has 0 spiro atoms. The van der Waals surface area contributed by atoms with Gasteiger partial charge in [-0.2, -0.15) is 4.31 Å². The molecule has 1 atom stereocenters. The zero-order chi connectivity index (χ0) is 20.3. The van der Waals surface area contributed by atoms with Crippen molar-refractivity contribution in [3.05, 3.63) is 57.8 Å². The summed E-state index contributed by atoms with van der Waals surface area (Å²) in [4.78, 5) is 16.4. The van der Waals surface area contributed by atoms with Crippen LogP contribution in [0.25, 0.3) is 0 Å². The van der Waals surface area contributed by atoms with E-state index < -0.39 is 10.0 Å². The number of carbonyl (C=O) groups is 1. The molecule has 1 unspecified atom stereocenters. The summed E-state index contributed by atoms with van der Waals surface area (Å²) < 4.78 is 26.4. The van der Waals surface area contributed by atoms with Crippen molar-refractivity contribution in [3.8, 4) is 0 Å². The maximum Gasteiger partial charge on any atom is 0.238 e. The molecule has 2 heterocycles. The van der Waals surface area contributed by atoms with Crippen molar-refractivity contribution in [2.45, 2.75) is 33.2 Å². The Morgan fingerprint density at radius 2 is 1.96 bits per heavy atom. The Kier molecular flexibility index (Phi) is 6.58. The quantitative estimate of drug-likeness (QED) is 0.689. The van der Waals surface area contributed by atoms with Gasteiger partial charge in [0.05, 0.1) is 18.3 Å². The first-order valence-electron chi connectivity index (χ1n) is 9.72. The molecule has 0 aliphatic carbocycles. The number of carbonyl (C=O) groups excluding carboxylic acids is 1. The predicted octanol–water partition coefficient (Wildman–Crippen LogP) is 3.53. The van der Waals surface area contributed by atoms with Gasteiger partial charge < -0.3 is 4.90 Å². The molecule has 5 nitrogen and oxygen atoms in total. The Bertz CT molecular complexity index is 907. The summed E-state index contributed by atoms with van der Waals surface area (Å²) in [5.41, 5.74) is 2.22. The van der Waals surface area contributed by atoms with Gasteiger partial charge in [-0.3, -0.25) is 4.79 Å². The molecule has 28 heavy (non-hydrogen) atoms. The minimum Gasteiger partial charge on any atom is -0.330 e. The minimum absolute atomic E-state index is 0.00376. The van der Waals surface area contributed by atoms with Gasteiger partial charge in [-0.15, -0.1) is 11.3 Å². The first-order valence-corrected chi connectivity index (χ1v) is 12.2. The summed E-state index contributed by atoms with van der Waals surface area (Å²) in [6.07, 6.45) is 0.812. The summed E-state index contributed by atoms with van der Waals surface area (Å²) in [7, 11) is -3.43. The topological polar surface area (TPSA) is 57.7 Å². The van der Waals surface area contributed by atoms with E-state index in [1.165, 1.54) is 9.18 Å². The number of rotatable bonds is 7. The molecule has 0 fully saturated rings. The monoisotopic (exact) mass is 420 g/mol. The van der Waals surface area contributed by atoms with Gasteiger partial charge in [0.15, 0.2) is 0 Å². The molecule has 1 aliphatic heterocycles. The highest BCUT2D eigenvalue weighted by atomic mass is 32.2. The highest BCUT2D eigenvalue weighted by Gasteiger charge is 2.34. The zero-order valence-electron chi connectivity index (χ0n) is 16.7. The Labute approximate surface area is 172 Å². The van der Waals surface area contributed by atoms with Crippen LogP contribution in [-0.4, -0.2) is 48.9 Å². The van der Waals surface area contributed by atoms with Gasteiger partial charge in [-0.05, 0) is 41.8 Å².